The molecule has 1 unspecified atom stereocenters. The Morgan fingerprint density at radius 1 is 1.12 bits per heavy atom. The van der Waals surface area contributed by atoms with Crippen molar-refractivity contribution in [2.24, 2.45) is 5.73 Å². The summed E-state index contributed by atoms with van der Waals surface area (Å²) in [5.41, 5.74) is 7.24. The van der Waals surface area contributed by atoms with E-state index in [1.807, 2.05) is 23.1 Å². The molecule has 25 heavy (non-hydrogen) atoms. The number of rotatable bonds is 3. The lowest BCUT2D eigenvalue weighted by atomic mass is 9.99. The molecule has 2 heterocycles. The predicted molar refractivity (Wildman–Crippen MR) is 85.1 cm³/mol. The van der Waals surface area contributed by atoms with E-state index in [1.54, 1.807) is 6.07 Å². The van der Waals surface area contributed by atoms with Gasteiger partial charge in [-0.1, -0.05) is 18.2 Å². The van der Waals surface area contributed by atoms with Gasteiger partial charge in [-0.2, -0.15) is 13.2 Å². The van der Waals surface area contributed by atoms with Crippen LogP contribution in [0.5, 0.6) is 11.5 Å². The summed E-state index contributed by atoms with van der Waals surface area (Å²) >= 11 is 0. The Bertz CT molecular complexity index is 807. The Balaban J connectivity index is 1.63. The van der Waals surface area contributed by atoms with Gasteiger partial charge in [0.1, 0.15) is 0 Å². The highest BCUT2D eigenvalue weighted by Gasteiger charge is 2.39. The van der Waals surface area contributed by atoms with Crippen LogP contribution in [-0.2, 0) is 19.3 Å². The van der Waals surface area contributed by atoms with Crippen LogP contribution in [-0.4, -0.2) is 18.2 Å². The van der Waals surface area contributed by atoms with Crippen molar-refractivity contribution in [3.8, 4) is 11.5 Å². The fraction of sp³-hybridized carbons (Fsp3) is 0.333. The van der Waals surface area contributed by atoms with E-state index in [0.717, 1.165) is 11.6 Å². The molecular formula is C18H17F3N2O2. The molecule has 1 atom stereocenters. The number of alkyl halides is 3. The van der Waals surface area contributed by atoms with Gasteiger partial charge in [-0.25, -0.2) is 0 Å². The molecule has 4 rings (SSSR count). The van der Waals surface area contributed by atoms with Crippen molar-refractivity contribution in [3.05, 3.63) is 58.7 Å². The highest BCUT2D eigenvalue weighted by Crippen LogP contribution is 2.42. The van der Waals surface area contributed by atoms with E-state index in [1.165, 1.54) is 6.07 Å². The molecule has 0 bridgehead atoms. The zero-order valence-corrected chi connectivity index (χ0v) is 13.3. The summed E-state index contributed by atoms with van der Waals surface area (Å²) in [5, 5.41) is 0. The summed E-state index contributed by atoms with van der Waals surface area (Å²) in [6.45, 7) is 1.17. The van der Waals surface area contributed by atoms with E-state index in [0.29, 0.717) is 29.2 Å². The first-order chi connectivity index (χ1) is 12.0. The third-order valence-corrected chi connectivity index (χ3v) is 4.72. The fourth-order valence-corrected chi connectivity index (χ4v) is 3.58. The van der Waals surface area contributed by atoms with Crippen LogP contribution in [0.1, 0.15) is 28.3 Å². The van der Waals surface area contributed by atoms with Gasteiger partial charge in [-0.15, -0.1) is 0 Å². The Kier molecular flexibility index (Phi) is 3.85. The zero-order chi connectivity index (χ0) is 17.6. The smallest absolute Gasteiger partial charge is 0.416 e. The highest BCUT2D eigenvalue weighted by molar-refractivity contribution is 5.45. The number of fused-ring (bicyclic) bond motifs is 2. The molecular weight excluding hydrogens is 333 g/mol. The standard InChI is InChI=1S/C18H17F3N2O2/c19-18(20,21)14-3-1-2-12-13(14)9-23(15(12)7-22)8-11-4-5-16-17(6-11)25-10-24-16/h1-6,15H,7-10,22H2. The van der Waals surface area contributed by atoms with Gasteiger partial charge >= 0.3 is 6.18 Å². The minimum atomic E-state index is -4.36. The van der Waals surface area contributed by atoms with E-state index in [4.69, 9.17) is 15.2 Å². The van der Waals surface area contributed by atoms with E-state index in [2.05, 4.69) is 0 Å². The monoisotopic (exact) mass is 350 g/mol. The van der Waals surface area contributed by atoms with Gasteiger partial charge in [0.2, 0.25) is 6.79 Å². The number of hydrogen-bond acceptors (Lipinski definition) is 4. The quantitative estimate of drug-likeness (QED) is 0.921. The molecule has 2 aliphatic rings. The third kappa shape index (κ3) is 2.83. The lowest BCUT2D eigenvalue weighted by Gasteiger charge is -2.23. The molecule has 0 amide bonds. The third-order valence-electron chi connectivity index (χ3n) is 4.72. The van der Waals surface area contributed by atoms with Crippen molar-refractivity contribution >= 4 is 0 Å². The molecule has 2 N–H and O–H groups in total. The average molecular weight is 350 g/mol. The van der Waals surface area contributed by atoms with Gasteiger partial charge in [-0.05, 0) is 34.9 Å². The molecule has 0 spiro atoms. The van der Waals surface area contributed by atoms with Crippen molar-refractivity contribution in [3.63, 3.8) is 0 Å². The number of halogens is 3. The molecule has 0 aromatic heterocycles. The first-order valence-electron chi connectivity index (χ1n) is 7.99. The molecule has 0 saturated heterocycles. The number of ether oxygens (including phenoxy) is 2. The lowest BCUT2D eigenvalue weighted by molar-refractivity contribution is -0.138. The van der Waals surface area contributed by atoms with Crippen LogP contribution in [0.4, 0.5) is 13.2 Å². The van der Waals surface area contributed by atoms with E-state index >= 15 is 0 Å². The van der Waals surface area contributed by atoms with Crippen LogP contribution >= 0.6 is 0 Å². The second kappa shape index (κ2) is 5.93. The van der Waals surface area contributed by atoms with Crippen molar-refractivity contribution in [1.82, 2.24) is 4.90 Å². The second-order valence-corrected chi connectivity index (χ2v) is 6.22. The molecule has 0 radical (unpaired) electrons. The highest BCUT2D eigenvalue weighted by atomic mass is 19.4. The summed E-state index contributed by atoms with van der Waals surface area (Å²) in [7, 11) is 0. The number of nitrogens with zero attached hydrogens (tertiary/aromatic N) is 1. The van der Waals surface area contributed by atoms with Gasteiger partial charge in [0.05, 0.1) is 5.56 Å². The summed E-state index contributed by atoms with van der Waals surface area (Å²) in [6.07, 6.45) is -4.36. The molecule has 7 heteroatoms. The topological polar surface area (TPSA) is 47.7 Å². The number of hydrogen-bond donors (Lipinski definition) is 1. The molecule has 0 fully saturated rings. The van der Waals surface area contributed by atoms with E-state index in [9.17, 15) is 13.2 Å². The van der Waals surface area contributed by atoms with Crippen molar-refractivity contribution in [2.45, 2.75) is 25.3 Å². The maximum atomic E-state index is 13.3. The average Bonchev–Trinajstić information content (AvgIpc) is 3.16. The summed E-state index contributed by atoms with van der Waals surface area (Å²) in [5.74, 6) is 1.35. The Hall–Kier alpha value is -2.25. The minimum Gasteiger partial charge on any atom is -0.454 e. The number of nitrogens with two attached hydrogens (primary N) is 1. The maximum Gasteiger partial charge on any atom is 0.416 e. The summed E-state index contributed by atoms with van der Waals surface area (Å²) in [4.78, 5) is 1.97. The molecule has 0 saturated carbocycles. The van der Waals surface area contributed by atoms with Gasteiger partial charge in [0.15, 0.2) is 11.5 Å². The fourth-order valence-electron chi connectivity index (χ4n) is 3.58. The molecule has 2 aliphatic heterocycles. The molecule has 2 aromatic carbocycles. The predicted octanol–water partition coefficient (Wildman–Crippen LogP) is 3.45. The largest absolute Gasteiger partial charge is 0.454 e. The first kappa shape index (κ1) is 16.2. The zero-order valence-electron chi connectivity index (χ0n) is 13.3. The van der Waals surface area contributed by atoms with Crippen LogP contribution < -0.4 is 15.2 Å². The van der Waals surface area contributed by atoms with E-state index < -0.39 is 11.7 Å². The van der Waals surface area contributed by atoms with Crippen molar-refractivity contribution in [2.75, 3.05) is 13.3 Å². The SMILES string of the molecule is NCC1c2cccc(C(F)(F)F)c2CN1Cc1ccc2c(c1)OCO2. The summed E-state index contributed by atoms with van der Waals surface area (Å²) < 4.78 is 50.6. The van der Waals surface area contributed by atoms with Gasteiger partial charge in [0, 0.05) is 25.7 Å². The van der Waals surface area contributed by atoms with Gasteiger partial charge < -0.3 is 15.2 Å². The van der Waals surface area contributed by atoms with E-state index in [-0.39, 0.29) is 25.9 Å². The second-order valence-electron chi connectivity index (χ2n) is 6.22. The van der Waals surface area contributed by atoms with Crippen molar-refractivity contribution in [1.29, 1.82) is 0 Å². The number of benzene rings is 2. The van der Waals surface area contributed by atoms with Crippen molar-refractivity contribution < 1.29 is 22.6 Å². The molecule has 132 valence electrons. The molecule has 4 nitrogen and oxygen atoms in total. The first-order valence-corrected chi connectivity index (χ1v) is 7.99. The molecule has 2 aromatic rings. The Morgan fingerprint density at radius 3 is 2.68 bits per heavy atom. The molecule has 0 aliphatic carbocycles. The van der Waals surface area contributed by atoms with Gasteiger partial charge in [0.25, 0.3) is 0 Å². The van der Waals surface area contributed by atoms with Crippen LogP contribution in [0, 0.1) is 0 Å². The van der Waals surface area contributed by atoms with Crippen LogP contribution in [0.2, 0.25) is 0 Å². The maximum absolute atomic E-state index is 13.3. The van der Waals surface area contributed by atoms with Crippen LogP contribution in [0.15, 0.2) is 36.4 Å². The van der Waals surface area contributed by atoms with Crippen LogP contribution in [0.3, 0.4) is 0 Å². The van der Waals surface area contributed by atoms with Crippen LogP contribution in [0.25, 0.3) is 0 Å². The normalized spacial score (nSPS) is 19.3. The Labute approximate surface area is 142 Å². The summed E-state index contributed by atoms with van der Waals surface area (Å²) in [6, 6.07) is 9.67. The minimum absolute atomic E-state index is 0.189. The lowest BCUT2D eigenvalue weighted by Crippen LogP contribution is -2.27. The Morgan fingerprint density at radius 2 is 1.92 bits per heavy atom. The van der Waals surface area contributed by atoms with Gasteiger partial charge in [-0.3, -0.25) is 4.90 Å².